The fourth-order valence-electron chi connectivity index (χ4n) is 6.76. The van der Waals surface area contributed by atoms with Gasteiger partial charge in [-0.2, -0.15) is 0 Å². The predicted octanol–water partition coefficient (Wildman–Crippen LogP) is 2.64. The van der Waals surface area contributed by atoms with E-state index in [1.165, 1.54) is 6.92 Å². The monoisotopic (exact) mass is 568 g/mol. The second kappa shape index (κ2) is 11.9. The number of carbonyl (C=O) groups excluding carboxylic acids is 3. The van der Waals surface area contributed by atoms with Crippen LogP contribution in [0, 0.1) is 29.6 Å². The molecular formula is C28H44N2O10. The highest BCUT2D eigenvalue weighted by atomic mass is 17.3. The van der Waals surface area contributed by atoms with Crippen molar-refractivity contribution in [2.45, 2.75) is 123 Å². The van der Waals surface area contributed by atoms with Gasteiger partial charge in [-0.3, -0.25) is 19.2 Å². The third-order valence-electron chi connectivity index (χ3n) is 8.99. The molecule has 12 nitrogen and oxygen atoms in total. The molecule has 0 aromatic carbocycles. The molecule has 0 radical (unpaired) electrons. The number of fused-ring (bicyclic) bond motifs is 2. The van der Waals surface area contributed by atoms with Crippen molar-refractivity contribution in [3.05, 3.63) is 0 Å². The van der Waals surface area contributed by atoms with E-state index in [1.54, 1.807) is 0 Å². The Balaban J connectivity index is 1.35. The van der Waals surface area contributed by atoms with Crippen molar-refractivity contribution < 1.29 is 48.3 Å². The molecule has 1 saturated carbocycles. The number of rotatable bonds is 10. The zero-order valence-electron chi connectivity index (χ0n) is 24.3. The number of carboxylic acid groups (broad SMARTS) is 1. The Labute approximate surface area is 235 Å². The summed E-state index contributed by atoms with van der Waals surface area (Å²) in [5.74, 6) is -3.33. The van der Waals surface area contributed by atoms with Crippen LogP contribution < -0.4 is 10.6 Å². The van der Waals surface area contributed by atoms with Gasteiger partial charge in [0.15, 0.2) is 11.9 Å². The van der Waals surface area contributed by atoms with Gasteiger partial charge in [-0.25, -0.2) is 9.78 Å². The maximum absolute atomic E-state index is 12.8. The standard InChI is InChI=1S/C28H44N2O10/c1-14(2)13-20(23(33)29-17(5)24(34)35)30-21(31)9-10-22(32)36-25-16(4)19-8-7-15(3)18-11-12-27(6)38-26(37-25)28(18,19)40-39-27/h14-20,25-26H,7-13H2,1-6H3,(H,29,33)(H,30,31)(H,34,35)/t15-,16-,17+,18+,19+,20+,25-,26-,27+,28-/m1/s1. The third-order valence-corrected chi connectivity index (χ3v) is 8.99. The molecule has 3 N–H and O–H groups in total. The van der Waals surface area contributed by atoms with Gasteiger partial charge in [0.25, 0.3) is 0 Å². The van der Waals surface area contributed by atoms with Gasteiger partial charge >= 0.3 is 11.9 Å². The van der Waals surface area contributed by atoms with Crippen LogP contribution in [0.5, 0.6) is 0 Å². The van der Waals surface area contributed by atoms with Gasteiger partial charge in [0, 0.05) is 24.7 Å². The molecule has 4 aliphatic heterocycles. The highest BCUT2D eigenvalue weighted by Crippen LogP contribution is 2.60. The minimum Gasteiger partial charge on any atom is -0.480 e. The van der Waals surface area contributed by atoms with E-state index in [0.29, 0.717) is 18.8 Å². The van der Waals surface area contributed by atoms with Crippen LogP contribution in [0.1, 0.15) is 86.5 Å². The number of hydrogen-bond acceptors (Lipinski definition) is 9. The largest absolute Gasteiger partial charge is 0.480 e. The van der Waals surface area contributed by atoms with E-state index in [9.17, 15) is 19.2 Å². The summed E-state index contributed by atoms with van der Waals surface area (Å²) in [4.78, 5) is 61.0. The van der Waals surface area contributed by atoms with Crippen LogP contribution in [-0.4, -0.2) is 64.9 Å². The van der Waals surface area contributed by atoms with Crippen LogP contribution >= 0.6 is 0 Å². The summed E-state index contributed by atoms with van der Waals surface area (Å²) in [6.45, 7) is 11.1. The van der Waals surface area contributed by atoms with Crippen molar-refractivity contribution in [3.63, 3.8) is 0 Å². The zero-order chi connectivity index (χ0) is 29.4. The number of ether oxygens (including phenoxy) is 3. The lowest BCUT2D eigenvalue weighted by molar-refractivity contribution is -0.576. The van der Waals surface area contributed by atoms with Crippen molar-refractivity contribution >= 4 is 23.8 Å². The van der Waals surface area contributed by atoms with E-state index in [0.717, 1.165) is 19.3 Å². The highest BCUT2D eigenvalue weighted by Gasteiger charge is 2.69. The molecule has 2 amide bonds. The van der Waals surface area contributed by atoms with Crippen molar-refractivity contribution in [2.24, 2.45) is 29.6 Å². The molecule has 4 heterocycles. The first-order valence-corrected chi connectivity index (χ1v) is 14.5. The molecule has 4 saturated heterocycles. The van der Waals surface area contributed by atoms with Crippen LogP contribution in [-0.2, 0) is 43.2 Å². The second-order valence-corrected chi connectivity index (χ2v) is 12.6. The number of esters is 1. The maximum Gasteiger partial charge on any atom is 0.325 e. The Morgan fingerprint density at radius 1 is 1.00 bits per heavy atom. The molecule has 0 aromatic heterocycles. The minimum absolute atomic E-state index is 0.000281. The maximum atomic E-state index is 12.8. The number of carboxylic acids is 1. The Kier molecular flexibility index (Phi) is 9.13. The molecule has 0 unspecified atom stereocenters. The van der Waals surface area contributed by atoms with Crippen molar-refractivity contribution in [3.8, 4) is 0 Å². The van der Waals surface area contributed by atoms with Gasteiger partial charge in [0.2, 0.25) is 23.9 Å². The van der Waals surface area contributed by atoms with Crippen LogP contribution in [0.25, 0.3) is 0 Å². The van der Waals surface area contributed by atoms with Crippen molar-refractivity contribution in [1.29, 1.82) is 0 Å². The first-order chi connectivity index (χ1) is 18.8. The number of aliphatic carboxylic acids is 1. The summed E-state index contributed by atoms with van der Waals surface area (Å²) in [6, 6.07) is -2.02. The highest BCUT2D eigenvalue weighted by molar-refractivity contribution is 5.91. The van der Waals surface area contributed by atoms with Crippen LogP contribution in [0.3, 0.4) is 0 Å². The molecule has 2 bridgehead atoms. The number of carbonyl (C=O) groups is 4. The third kappa shape index (κ3) is 6.14. The van der Waals surface area contributed by atoms with Gasteiger partial charge in [-0.05, 0) is 57.3 Å². The normalized spacial score (nSPS) is 38.0. The lowest BCUT2D eigenvalue weighted by Gasteiger charge is -2.59. The fourth-order valence-corrected chi connectivity index (χ4v) is 6.76. The van der Waals surface area contributed by atoms with E-state index < -0.39 is 59.8 Å². The molecule has 0 aromatic rings. The van der Waals surface area contributed by atoms with Crippen LogP contribution in [0.15, 0.2) is 0 Å². The molecular weight excluding hydrogens is 524 g/mol. The topological polar surface area (TPSA) is 159 Å². The van der Waals surface area contributed by atoms with Crippen LogP contribution in [0.4, 0.5) is 0 Å². The lowest BCUT2D eigenvalue weighted by Crippen LogP contribution is -2.70. The number of nitrogens with one attached hydrogen (secondary N) is 2. The SMILES string of the molecule is CC(C)C[C@H](NC(=O)CCC(=O)O[C@@H]1O[C@@H]2O[C@]3(C)CC[C@H]4[C@H](C)CC[C@@H]([C@H]1C)[C@@]24OO3)C(=O)N[C@@H](C)C(=O)O. The van der Waals surface area contributed by atoms with E-state index in [-0.39, 0.29) is 36.5 Å². The molecule has 226 valence electrons. The summed E-state index contributed by atoms with van der Waals surface area (Å²) in [7, 11) is 0. The molecule has 40 heavy (non-hydrogen) atoms. The van der Waals surface area contributed by atoms with E-state index >= 15 is 0 Å². The molecule has 10 atom stereocenters. The predicted molar refractivity (Wildman–Crippen MR) is 139 cm³/mol. The average molecular weight is 569 g/mol. The Hall–Kier alpha value is -2.28. The molecule has 1 spiro atoms. The first kappa shape index (κ1) is 30.7. The zero-order valence-corrected chi connectivity index (χ0v) is 24.3. The van der Waals surface area contributed by atoms with E-state index in [4.69, 9.17) is 29.1 Å². The number of amides is 2. The summed E-state index contributed by atoms with van der Waals surface area (Å²) in [5, 5.41) is 14.1. The smallest absolute Gasteiger partial charge is 0.325 e. The summed E-state index contributed by atoms with van der Waals surface area (Å²) in [6.07, 6.45) is 1.75. The number of hydrogen-bond donors (Lipinski definition) is 3. The Bertz CT molecular complexity index is 990. The summed E-state index contributed by atoms with van der Waals surface area (Å²) < 4.78 is 18.3. The van der Waals surface area contributed by atoms with Crippen LogP contribution in [0.2, 0.25) is 0 Å². The van der Waals surface area contributed by atoms with Gasteiger partial charge in [0.1, 0.15) is 12.1 Å². The Morgan fingerprint density at radius 2 is 1.73 bits per heavy atom. The van der Waals surface area contributed by atoms with Gasteiger partial charge in [-0.15, -0.1) is 0 Å². The van der Waals surface area contributed by atoms with Gasteiger partial charge < -0.3 is 30.0 Å². The van der Waals surface area contributed by atoms with E-state index in [2.05, 4.69) is 17.6 Å². The quantitative estimate of drug-likeness (QED) is 0.264. The van der Waals surface area contributed by atoms with Crippen molar-refractivity contribution in [1.82, 2.24) is 10.6 Å². The van der Waals surface area contributed by atoms with Crippen molar-refractivity contribution in [2.75, 3.05) is 0 Å². The van der Waals surface area contributed by atoms with Gasteiger partial charge in [-0.1, -0.05) is 27.7 Å². The Morgan fingerprint density at radius 3 is 2.40 bits per heavy atom. The molecule has 1 aliphatic carbocycles. The molecule has 5 aliphatic rings. The minimum atomic E-state index is -1.18. The summed E-state index contributed by atoms with van der Waals surface area (Å²) in [5.41, 5.74) is -0.764. The second-order valence-electron chi connectivity index (χ2n) is 12.6. The molecule has 12 heteroatoms. The fraction of sp³-hybridized carbons (Fsp3) is 0.857. The first-order valence-electron chi connectivity index (χ1n) is 14.5. The lowest BCUT2D eigenvalue weighted by atomic mass is 9.58. The molecule has 5 fully saturated rings. The van der Waals surface area contributed by atoms with Gasteiger partial charge in [0.05, 0.1) is 6.42 Å². The van der Waals surface area contributed by atoms with E-state index in [1.807, 2.05) is 27.7 Å². The molecule has 5 rings (SSSR count). The summed E-state index contributed by atoms with van der Waals surface area (Å²) >= 11 is 0. The average Bonchev–Trinajstić information content (AvgIpc) is 3.10.